The smallest absolute Gasteiger partial charge is 0.272 e. The van der Waals surface area contributed by atoms with Crippen LogP contribution in [0, 0.1) is 6.92 Å². The molecule has 5 aromatic rings. The van der Waals surface area contributed by atoms with E-state index in [-0.39, 0.29) is 17.4 Å². The molecule has 0 aliphatic rings. The maximum atomic E-state index is 13.4. The number of carbonyl (C=O) groups is 3. The monoisotopic (exact) mass is 638 g/mol. The van der Waals surface area contributed by atoms with Crippen molar-refractivity contribution in [1.29, 1.82) is 0 Å². The van der Waals surface area contributed by atoms with Gasteiger partial charge in [0.15, 0.2) is 5.13 Å². The second-order valence-electron chi connectivity index (χ2n) is 9.79. The van der Waals surface area contributed by atoms with Crippen LogP contribution < -0.4 is 25.4 Å². The van der Waals surface area contributed by atoms with E-state index in [1.807, 2.05) is 37.3 Å². The molecular weight excluding hydrogens is 609 g/mol. The minimum Gasteiger partial charge on any atom is -0.497 e. The molecular formula is C34H30N4O5S2. The van der Waals surface area contributed by atoms with Crippen molar-refractivity contribution < 1.29 is 23.9 Å². The minimum absolute atomic E-state index is 0.0208. The Morgan fingerprint density at radius 1 is 0.889 bits per heavy atom. The standard InChI is InChI=1S/C34H30N4O5S2/c1-21-9-16-27-30(17-21)45-34(37-27)38-31(39)20-44-26-14-11-24(12-15-26)35-33(41)28(36-32(40)22-7-5-4-6-8-22)18-23-10-13-25(42-2)19-29(23)43-3/h4-19H,20H2,1-3H3,(H,35,41)(H,36,40)(H,37,38,39)/b28-18-. The van der Waals surface area contributed by atoms with Crippen molar-refractivity contribution >= 4 is 67.9 Å². The van der Waals surface area contributed by atoms with E-state index < -0.39 is 11.8 Å². The largest absolute Gasteiger partial charge is 0.497 e. The van der Waals surface area contributed by atoms with Gasteiger partial charge >= 0.3 is 0 Å². The predicted octanol–water partition coefficient (Wildman–Crippen LogP) is 6.76. The van der Waals surface area contributed by atoms with Gasteiger partial charge in [0, 0.05) is 27.8 Å². The van der Waals surface area contributed by atoms with Crippen LogP contribution in [0.2, 0.25) is 0 Å². The third-order valence-electron chi connectivity index (χ3n) is 6.54. The normalized spacial score (nSPS) is 11.1. The molecule has 0 radical (unpaired) electrons. The van der Waals surface area contributed by atoms with Gasteiger partial charge in [-0.05, 0) is 79.2 Å². The van der Waals surface area contributed by atoms with E-state index in [4.69, 9.17) is 9.47 Å². The second kappa shape index (κ2) is 14.6. The summed E-state index contributed by atoms with van der Waals surface area (Å²) >= 11 is 2.81. The van der Waals surface area contributed by atoms with Crippen molar-refractivity contribution in [2.24, 2.45) is 0 Å². The Morgan fingerprint density at radius 2 is 1.67 bits per heavy atom. The number of thiazole rings is 1. The molecule has 0 unspecified atom stereocenters. The molecule has 0 aliphatic heterocycles. The molecule has 1 aromatic heterocycles. The van der Waals surface area contributed by atoms with E-state index in [0.717, 1.165) is 20.7 Å². The van der Waals surface area contributed by atoms with Crippen LogP contribution in [0.5, 0.6) is 11.5 Å². The van der Waals surface area contributed by atoms with Crippen molar-refractivity contribution in [2.45, 2.75) is 11.8 Å². The Bertz CT molecular complexity index is 1870. The number of ether oxygens (including phenoxy) is 2. The first-order valence-corrected chi connectivity index (χ1v) is 15.6. The number of aryl methyl sites for hydroxylation is 1. The van der Waals surface area contributed by atoms with Gasteiger partial charge in [0.05, 0.1) is 30.2 Å². The van der Waals surface area contributed by atoms with Crippen LogP contribution in [0.1, 0.15) is 21.5 Å². The van der Waals surface area contributed by atoms with Gasteiger partial charge in [-0.15, -0.1) is 11.8 Å². The maximum Gasteiger partial charge on any atom is 0.272 e. The highest BCUT2D eigenvalue weighted by Gasteiger charge is 2.17. The molecule has 0 saturated carbocycles. The van der Waals surface area contributed by atoms with Crippen molar-refractivity contribution in [2.75, 3.05) is 30.6 Å². The van der Waals surface area contributed by atoms with Crippen molar-refractivity contribution in [3.05, 3.63) is 113 Å². The number of hydrogen-bond acceptors (Lipinski definition) is 8. The van der Waals surface area contributed by atoms with Gasteiger partial charge in [0.25, 0.3) is 11.8 Å². The lowest BCUT2D eigenvalue weighted by molar-refractivity contribution is -0.114. The Morgan fingerprint density at radius 3 is 2.40 bits per heavy atom. The molecule has 9 nitrogen and oxygen atoms in total. The van der Waals surface area contributed by atoms with Crippen molar-refractivity contribution in [3.8, 4) is 11.5 Å². The molecule has 11 heteroatoms. The fourth-order valence-corrected chi connectivity index (χ4v) is 5.94. The average molecular weight is 639 g/mol. The number of nitrogens with zero attached hydrogens (tertiary/aromatic N) is 1. The number of aromatic nitrogens is 1. The summed E-state index contributed by atoms with van der Waals surface area (Å²) in [6.07, 6.45) is 1.55. The number of hydrogen-bond donors (Lipinski definition) is 3. The Balaban J connectivity index is 1.25. The quantitative estimate of drug-likeness (QED) is 0.108. The van der Waals surface area contributed by atoms with Gasteiger partial charge < -0.3 is 25.4 Å². The summed E-state index contributed by atoms with van der Waals surface area (Å²) in [5, 5.41) is 9.00. The Hall–Kier alpha value is -5.13. The van der Waals surface area contributed by atoms with E-state index in [2.05, 4.69) is 20.9 Å². The zero-order valence-corrected chi connectivity index (χ0v) is 26.4. The van der Waals surface area contributed by atoms with Crippen molar-refractivity contribution in [3.63, 3.8) is 0 Å². The summed E-state index contributed by atoms with van der Waals surface area (Å²) in [5.41, 5.74) is 3.50. The summed E-state index contributed by atoms with van der Waals surface area (Å²) in [7, 11) is 3.06. The number of nitrogens with one attached hydrogen (secondary N) is 3. The SMILES string of the molecule is COc1ccc(/C=C(\NC(=O)c2ccccc2)C(=O)Nc2ccc(SCC(=O)Nc3nc4ccc(C)cc4s3)cc2)c(OC)c1. The van der Waals surface area contributed by atoms with Crippen LogP contribution >= 0.6 is 23.1 Å². The highest BCUT2D eigenvalue weighted by molar-refractivity contribution is 8.00. The number of amides is 3. The van der Waals surface area contributed by atoms with Crippen molar-refractivity contribution in [1.82, 2.24) is 10.3 Å². The zero-order valence-electron chi connectivity index (χ0n) is 24.7. The third-order valence-corrected chi connectivity index (χ3v) is 8.49. The minimum atomic E-state index is -0.525. The zero-order chi connectivity index (χ0) is 31.8. The summed E-state index contributed by atoms with van der Waals surface area (Å²) in [4.78, 5) is 44.3. The van der Waals surface area contributed by atoms with E-state index in [9.17, 15) is 14.4 Å². The van der Waals surface area contributed by atoms with Gasteiger partial charge in [0.2, 0.25) is 5.91 Å². The molecule has 0 spiro atoms. The molecule has 0 aliphatic carbocycles. The fraction of sp³-hybridized carbons (Fsp3) is 0.118. The first-order valence-electron chi connectivity index (χ1n) is 13.8. The van der Waals surface area contributed by atoms with Gasteiger partial charge in [-0.25, -0.2) is 4.98 Å². The number of anilines is 2. The average Bonchev–Trinajstić information content (AvgIpc) is 3.45. The Labute approximate surface area is 268 Å². The van der Waals surface area contributed by atoms with Crippen LogP contribution in [0.4, 0.5) is 10.8 Å². The number of fused-ring (bicyclic) bond motifs is 1. The first kappa shape index (κ1) is 31.3. The van der Waals surface area contributed by atoms with Crippen LogP contribution in [0.15, 0.2) is 102 Å². The van der Waals surface area contributed by atoms with E-state index in [1.165, 1.54) is 30.2 Å². The van der Waals surface area contributed by atoms with Gasteiger partial charge in [0.1, 0.15) is 17.2 Å². The number of rotatable bonds is 11. The highest BCUT2D eigenvalue weighted by Crippen LogP contribution is 2.28. The number of methoxy groups -OCH3 is 2. The molecule has 3 N–H and O–H groups in total. The third kappa shape index (κ3) is 8.28. The molecule has 4 aromatic carbocycles. The van der Waals surface area contributed by atoms with Crippen LogP contribution in [-0.2, 0) is 9.59 Å². The molecule has 1 heterocycles. The number of thioether (sulfide) groups is 1. The fourth-order valence-electron chi connectivity index (χ4n) is 4.26. The lowest BCUT2D eigenvalue weighted by Crippen LogP contribution is -2.30. The lowest BCUT2D eigenvalue weighted by atomic mass is 10.1. The van der Waals surface area contributed by atoms with Crippen LogP contribution in [0.3, 0.4) is 0 Å². The second-order valence-corrected chi connectivity index (χ2v) is 11.9. The maximum absolute atomic E-state index is 13.4. The molecule has 0 saturated heterocycles. The molecule has 5 rings (SSSR count). The Kier molecular flexibility index (Phi) is 10.1. The van der Waals surface area contributed by atoms with E-state index in [0.29, 0.717) is 33.4 Å². The van der Waals surface area contributed by atoms with Crippen LogP contribution in [0.25, 0.3) is 16.3 Å². The number of benzene rings is 4. The van der Waals surface area contributed by atoms with Gasteiger partial charge in [-0.1, -0.05) is 35.6 Å². The molecule has 0 fully saturated rings. The molecule has 228 valence electrons. The lowest BCUT2D eigenvalue weighted by Gasteiger charge is -2.13. The topological polar surface area (TPSA) is 119 Å². The predicted molar refractivity (Wildman–Crippen MR) is 180 cm³/mol. The van der Waals surface area contributed by atoms with Gasteiger partial charge in [-0.2, -0.15) is 0 Å². The van der Waals surface area contributed by atoms with E-state index in [1.54, 1.807) is 73.8 Å². The van der Waals surface area contributed by atoms with E-state index >= 15 is 0 Å². The highest BCUT2D eigenvalue weighted by atomic mass is 32.2. The molecule has 0 atom stereocenters. The molecule has 3 amide bonds. The molecule has 45 heavy (non-hydrogen) atoms. The summed E-state index contributed by atoms with van der Waals surface area (Å²) in [6, 6.07) is 26.9. The number of carbonyl (C=O) groups excluding carboxylic acids is 3. The summed E-state index contributed by atoms with van der Waals surface area (Å²) in [6.45, 7) is 2.02. The molecule has 0 bridgehead atoms. The van der Waals surface area contributed by atoms with Crippen LogP contribution in [-0.4, -0.2) is 42.7 Å². The summed E-state index contributed by atoms with van der Waals surface area (Å²) < 4.78 is 11.8. The first-order chi connectivity index (χ1) is 21.8. The van der Waals surface area contributed by atoms with Gasteiger partial charge in [-0.3, -0.25) is 14.4 Å². The summed E-state index contributed by atoms with van der Waals surface area (Å²) in [5.74, 6) is 0.135.